The van der Waals surface area contributed by atoms with E-state index in [0.717, 1.165) is 28.3 Å². The molecule has 3 aromatic carbocycles. The molecule has 0 aliphatic carbocycles. The minimum Gasteiger partial charge on any atom is -0.497 e. The lowest BCUT2D eigenvalue weighted by Gasteiger charge is -2.32. The van der Waals surface area contributed by atoms with Gasteiger partial charge in [0.15, 0.2) is 0 Å². The lowest BCUT2D eigenvalue weighted by atomic mass is 10.0. The fourth-order valence-electron chi connectivity index (χ4n) is 4.58. The van der Waals surface area contributed by atoms with Crippen LogP contribution in [-0.4, -0.2) is 57.1 Å². The van der Waals surface area contributed by atoms with E-state index in [1.807, 2.05) is 68.4 Å². The van der Waals surface area contributed by atoms with Crippen molar-refractivity contribution in [2.45, 2.75) is 58.2 Å². The SMILES string of the molecule is CC[C@H](C)NC(=O)[C@H](Cc1ccccc1)N(Cc1cccc(Br)c1)C(=O)CCCN(c1ccc(OC)cc1)S(C)(=O)=O. The molecule has 0 unspecified atom stereocenters. The van der Waals surface area contributed by atoms with Crippen LogP contribution < -0.4 is 14.4 Å². The summed E-state index contributed by atoms with van der Waals surface area (Å²) in [6.45, 7) is 4.29. The van der Waals surface area contributed by atoms with Crippen molar-refractivity contribution < 1.29 is 22.7 Å². The molecule has 42 heavy (non-hydrogen) atoms. The number of methoxy groups -OCH3 is 1. The largest absolute Gasteiger partial charge is 0.497 e. The lowest BCUT2D eigenvalue weighted by Crippen LogP contribution is -2.52. The maximum absolute atomic E-state index is 13.9. The maximum Gasteiger partial charge on any atom is 0.243 e. The van der Waals surface area contributed by atoms with Crippen molar-refractivity contribution in [3.8, 4) is 5.75 Å². The van der Waals surface area contributed by atoms with Gasteiger partial charge in [-0.2, -0.15) is 0 Å². The van der Waals surface area contributed by atoms with Gasteiger partial charge in [0.25, 0.3) is 0 Å². The number of nitrogens with one attached hydrogen (secondary N) is 1. The Morgan fingerprint density at radius 3 is 2.24 bits per heavy atom. The van der Waals surface area contributed by atoms with Gasteiger partial charge in [-0.3, -0.25) is 13.9 Å². The predicted molar refractivity (Wildman–Crippen MR) is 171 cm³/mol. The molecule has 3 rings (SSSR count). The molecule has 0 spiro atoms. The Morgan fingerprint density at radius 1 is 0.976 bits per heavy atom. The van der Waals surface area contributed by atoms with E-state index in [1.165, 1.54) is 4.31 Å². The molecule has 0 aliphatic rings. The zero-order chi connectivity index (χ0) is 30.7. The first kappa shape index (κ1) is 33.1. The lowest BCUT2D eigenvalue weighted by molar-refractivity contribution is -0.141. The number of benzene rings is 3. The quantitative estimate of drug-likeness (QED) is 0.231. The van der Waals surface area contributed by atoms with Crippen LogP contribution in [0.5, 0.6) is 5.75 Å². The first-order valence-electron chi connectivity index (χ1n) is 14.0. The van der Waals surface area contributed by atoms with E-state index in [-0.39, 0.29) is 43.8 Å². The van der Waals surface area contributed by atoms with E-state index < -0.39 is 16.1 Å². The van der Waals surface area contributed by atoms with Gasteiger partial charge < -0.3 is 15.0 Å². The third-order valence-corrected chi connectivity index (χ3v) is 8.71. The van der Waals surface area contributed by atoms with Crippen molar-refractivity contribution in [2.75, 3.05) is 24.2 Å². The molecule has 0 bridgehead atoms. The topological polar surface area (TPSA) is 96.0 Å². The molecule has 0 fully saturated rings. The highest BCUT2D eigenvalue weighted by atomic mass is 79.9. The van der Waals surface area contributed by atoms with Crippen LogP contribution in [-0.2, 0) is 32.6 Å². The summed E-state index contributed by atoms with van der Waals surface area (Å²) in [6, 6.07) is 23.2. The summed E-state index contributed by atoms with van der Waals surface area (Å²) in [5, 5.41) is 3.07. The molecule has 2 atom stereocenters. The second kappa shape index (κ2) is 15.7. The second-order valence-corrected chi connectivity index (χ2v) is 13.1. The highest BCUT2D eigenvalue weighted by Gasteiger charge is 2.31. The number of rotatable bonds is 15. The van der Waals surface area contributed by atoms with Crippen molar-refractivity contribution in [1.29, 1.82) is 0 Å². The first-order valence-corrected chi connectivity index (χ1v) is 16.7. The average molecular weight is 659 g/mol. The molecule has 226 valence electrons. The minimum atomic E-state index is -3.60. The van der Waals surface area contributed by atoms with Gasteiger partial charge >= 0.3 is 0 Å². The van der Waals surface area contributed by atoms with Crippen LogP contribution in [0.2, 0.25) is 0 Å². The van der Waals surface area contributed by atoms with E-state index in [2.05, 4.69) is 21.2 Å². The van der Waals surface area contributed by atoms with Crippen LogP contribution in [0.1, 0.15) is 44.2 Å². The molecule has 0 radical (unpaired) electrons. The van der Waals surface area contributed by atoms with Gasteiger partial charge in [0.2, 0.25) is 21.8 Å². The molecule has 0 aliphatic heterocycles. The van der Waals surface area contributed by atoms with Gasteiger partial charge in [-0.05, 0) is 67.3 Å². The van der Waals surface area contributed by atoms with E-state index in [4.69, 9.17) is 4.74 Å². The summed E-state index contributed by atoms with van der Waals surface area (Å²) >= 11 is 3.51. The average Bonchev–Trinajstić information content (AvgIpc) is 2.97. The molecular formula is C32H40BrN3O5S. The van der Waals surface area contributed by atoms with Crippen LogP contribution in [0.25, 0.3) is 0 Å². The fourth-order valence-corrected chi connectivity index (χ4v) is 5.99. The van der Waals surface area contributed by atoms with Gasteiger partial charge in [0, 0.05) is 36.4 Å². The fraction of sp³-hybridized carbons (Fsp3) is 0.375. The van der Waals surface area contributed by atoms with Crippen LogP contribution in [0.15, 0.2) is 83.3 Å². The Balaban J connectivity index is 1.88. The van der Waals surface area contributed by atoms with Crippen LogP contribution in [0, 0.1) is 0 Å². The molecule has 0 saturated carbocycles. The molecule has 3 aromatic rings. The number of amides is 2. The highest BCUT2D eigenvalue weighted by molar-refractivity contribution is 9.10. The van der Waals surface area contributed by atoms with Gasteiger partial charge in [0.1, 0.15) is 11.8 Å². The second-order valence-electron chi connectivity index (χ2n) is 10.3. The molecule has 0 saturated heterocycles. The third kappa shape index (κ3) is 9.87. The summed E-state index contributed by atoms with van der Waals surface area (Å²) in [4.78, 5) is 29.2. The monoisotopic (exact) mass is 657 g/mol. The third-order valence-electron chi connectivity index (χ3n) is 7.03. The summed E-state index contributed by atoms with van der Waals surface area (Å²) in [6.07, 6.45) is 2.60. The van der Waals surface area contributed by atoms with Crippen molar-refractivity contribution in [2.24, 2.45) is 0 Å². The van der Waals surface area contributed by atoms with Gasteiger partial charge in [-0.1, -0.05) is 65.3 Å². The Labute approximate surface area is 258 Å². The number of ether oxygens (including phenoxy) is 1. The Kier molecular flexibility index (Phi) is 12.4. The van der Waals surface area contributed by atoms with Gasteiger partial charge in [-0.25, -0.2) is 8.42 Å². The number of carbonyl (C=O) groups excluding carboxylic acids is 2. The highest BCUT2D eigenvalue weighted by Crippen LogP contribution is 2.23. The van der Waals surface area contributed by atoms with E-state index in [9.17, 15) is 18.0 Å². The molecule has 10 heteroatoms. The van der Waals surface area contributed by atoms with Crippen LogP contribution in [0.4, 0.5) is 5.69 Å². The first-order chi connectivity index (χ1) is 20.0. The van der Waals surface area contributed by atoms with Gasteiger partial charge in [0.05, 0.1) is 19.1 Å². The molecule has 1 N–H and O–H groups in total. The molecule has 2 amide bonds. The van der Waals surface area contributed by atoms with Crippen molar-refractivity contribution in [3.05, 3.63) is 94.5 Å². The van der Waals surface area contributed by atoms with E-state index in [0.29, 0.717) is 17.9 Å². The number of carbonyl (C=O) groups is 2. The summed E-state index contributed by atoms with van der Waals surface area (Å²) in [5.41, 5.74) is 2.31. The number of nitrogens with zero attached hydrogens (tertiary/aromatic N) is 2. The number of sulfonamides is 1. The predicted octanol–water partition coefficient (Wildman–Crippen LogP) is 5.56. The molecule has 8 nitrogen and oxygen atoms in total. The Bertz CT molecular complexity index is 1420. The number of hydrogen-bond acceptors (Lipinski definition) is 5. The van der Waals surface area contributed by atoms with Crippen LogP contribution >= 0.6 is 15.9 Å². The Morgan fingerprint density at radius 2 is 1.64 bits per heavy atom. The molecule has 0 heterocycles. The molecule has 0 aromatic heterocycles. The number of anilines is 1. The number of halogens is 1. The zero-order valence-corrected chi connectivity index (χ0v) is 27.0. The normalized spacial score (nSPS) is 12.7. The van der Waals surface area contributed by atoms with Crippen molar-refractivity contribution in [3.63, 3.8) is 0 Å². The van der Waals surface area contributed by atoms with E-state index in [1.54, 1.807) is 36.3 Å². The smallest absolute Gasteiger partial charge is 0.243 e. The van der Waals surface area contributed by atoms with Gasteiger partial charge in [-0.15, -0.1) is 0 Å². The van der Waals surface area contributed by atoms with E-state index >= 15 is 0 Å². The molecular weight excluding hydrogens is 618 g/mol. The number of hydrogen-bond donors (Lipinski definition) is 1. The summed E-state index contributed by atoms with van der Waals surface area (Å²) in [5.74, 6) is 0.177. The minimum absolute atomic E-state index is 0.0496. The summed E-state index contributed by atoms with van der Waals surface area (Å²) in [7, 11) is -2.05. The Hall–Kier alpha value is -3.37. The van der Waals surface area contributed by atoms with Crippen LogP contribution in [0.3, 0.4) is 0 Å². The summed E-state index contributed by atoms with van der Waals surface area (Å²) < 4.78 is 32.6. The zero-order valence-electron chi connectivity index (χ0n) is 24.6. The van der Waals surface area contributed by atoms with Crippen molar-refractivity contribution in [1.82, 2.24) is 10.2 Å². The van der Waals surface area contributed by atoms with Crippen molar-refractivity contribution >= 4 is 43.5 Å². The standard InChI is InChI=1S/C32H40BrN3O5S/c1-5-24(2)34-32(38)30(22-25-11-7-6-8-12-25)35(23-26-13-9-14-27(33)21-26)31(37)15-10-20-36(42(4,39)40)28-16-18-29(41-3)19-17-28/h6-9,11-14,16-19,21,24,30H,5,10,15,20,22-23H2,1-4H3,(H,34,38)/t24-,30-/m0/s1. The maximum atomic E-state index is 13.9.